The van der Waals surface area contributed by atoms with Crippen LogP contribution in [0.3, 0.4) is 0 Å². The van der Waals surface area contributed by atoms with Crippen molar-refractivity contribution in [2.75, 3.05) is 0 Å². The van der Waals surface area contributed by atoms with Gasteiger partial charge >= 0.3 is 0 Å². The van der Waals surface area contributed by atoms with Gasteiger partial charge in [-0.05, 0) is 48.0 Å². The third-order valence-corrected chi connectivity index (χ3v) is 6.19. The topological polar surface area (TPSA) is 34.9 Å². The smallest absolute Gasteiger partial charge is 0.266 e. The minimum Gasteiger partial charge on any atom is -0.268 e. The van der Waals surface area contributed by atoms with E-state index in [2.05, 4.69) is 0 Å². The Morgan fingerprint density at radius 3 is 2.39 bits per heavy atom. The van der Waals surface area contributed by atoms with Crippen LogP contribution in [0.4, 0.5) is 0 Å². The van der Waals surface area contributed by atoms with Crippen LogP contribution in [0.25, 0.3) is 16.6 Å². The van der Waals surface area contributed by atoms with E-state index in [9.17, 15) is 4.79 Å². The molecule has 0 aliphatic carbocycles. The molecule has 28 heavy (non-hydrogen) atoms. The van der Waals surface area contributed by atoms with Gasteiger partial charge in [-0.25, -0.2) is 4.98 Å². The number of hydrogen-bond donors (Lipinski definition) is 0. The normalized spacial score (nSPS) is 11.1. The van der Waals surface area contributed by atoms with Crippen molar-refractivity contribution in [2.45, 2.75) is 10.9 Å². The molecule has 0 radical (unpaired) electrons. The molecule has 0 saturated carbocycles. The first-order valence-electron chi connectivity index (χ1n) is 8.37. The summed E-state index contributed by atoms with van der Waals surface area (Å²) in [6.07, 6.45) is 0. The zero-order valence-electron chi connectivity index (χ0n) is 14.4. The van der Waals surface area contributed by atoms with Crippen molar-refractivity contribution in [3.8, 4) is 5.69 Å². The molecule has 0 spiro atoms. The van der Waals surface area contributed by atoms with Crippen molar-refractivity contribution in [1.29, 1.82) is 0 Å². The van der Waals surface area contributed by atoms with Crippen LogP contribution >= 0.6 is 46.6 Å². The summed E-state index contributed by atoms with van der Waals surface area (Å²) in [5.74, 6) is 0.642. The monoisotopic (exact) mass is 446 g/mol. The summed E-state index contributed by atoms with van der Waals surface area (Å²) in [6.45, 7) is 0. The van der Waals surface area contributed by atoms with Gasteiger partial charge in [-0.2, -0.15) is 0 Å². The van der Waals surface area contributed by atoms with Crippen molar-refractivity contribution in [3.05, 3.63) is 97.7 Å². The fraction of sp³-hybridized carbons (Fsp3) is 0.0476. The molecule has 1 heterocycles. The third-order valence-electron chi connectivity index (χ3n) is 4.19. The highest BCUT2D eigenvalue weighted by atomic mass is 35.5. The van der Waals surface area contributed by atoms with Crippen LogP contribution in [-0.4, -0.2) is 9.55 Å². The van der Waals surface area contributed by atoms with Crippen LogP contribution in [0.1, 0.15) is 5.56 Å². The number of para-hydroxylation sites is 1. The van der Waals surface area contributed by atoms with Crippen LogP contribution in [-0.2, 0) is 5.75 Å². The Kier molecular flexibility index (Phi) is 5.65. The first kappa shape index (κ1) is 19.3. The minimum atomic E-state index is -0.150. The molecule has 1 aromatic heterocycles. The number of fused-ring (bicyclic) bond motifs is 1. The Hall–Kier alpha value is -1.98. The lowest BCUT2D eigenvalue weighted by atomic mass is 10.2. The van der Waals surface area contributed by atoms with Gasteiger partial charge in [0, 0.05) is 10.8 Å². The molecule has 0 atom stereocenters. The zero-order valence-corrected chi connectivity index (χ0v) is 17.5. The number of halogens is 3. The van der Waals surface area contributed by atoms with Crippen LogP contribution in [0.15, 0.2) is 76.7 Å². The van der Waals surface area contributed by atoms with Gasteiger partial charge in [-0.15, -0.1) is 0 Å². The van der Waals surface area contributed by atoms with E-state index in [1.807, 2.05) is 42.5 Å². The van der Waals surface area contributed by atoms with Crippen molar-refractivity contribution < 1.29 is 0 Å². The van der Waals surface area contributed by atoms with Gasteiger partial charge in [-0.3, -0.25) is 9.36 Å². The summed E-state index contributed by atoms with van der Waals surface area (Å²) in [7, 11) is 0. The van der Waals surface area contributed by atoms with Crippen molar-refractivity contribution in [3.63, 3.8) is 0 Å². The lowest BCUT2D eigenvalue weighted by Crippen LogP contribution is -2.21. The molecule has 0 fully saturated rings. The number of benzene rings is 3. The lowest BCUT2D eigenvalue weighted by Gasteiger charge is -2.14. The SMILES string of the molecule is O=c1c2ccccc2nc(SCc2ccc(Cl)cc2)n1-c1ccc(Cl)c(Cl)c1. The molecule has 3 aromatic carbocycles. The molecule has 0 aliphatic heterocycles. The van der Waals surface area contributed by atoms with Crippen molar-refractivity contribution in [2.24, 2.45) is 0 Å². The largest absolute Gasteiger partial charge is 0.268 e. The molecular formula is C21H13Cl3N2OS. The van der Waals surface area contributed by atoms with E-state index in [4.69, 9.17) is 39.8 Å². The van der Waals surface area contributed by atoms with Gasteiger partial charge in [0.05, 0.1) is 26.6 Å². The Bertz CT molecular complexity index is 1220. The third kappa shape index (κ3) is 3.91. The Balaban J connectivity index is 1.84. The minimum absolute atomic E-state index is 0.150. The predicted molar refractivity (Wildman–Crippen MR) is 118 cm³/mol. The molecule has 4 aromatic rings. The number of nitrogens with zero attached hydrogens (tertiary/aromatic N) is 2. The molecule has 140 valence electrons. The number of hydrogen-bond acceptors (Lipinski definition) is 3. The molecular weight excluding hydrogens is 435 g/mol. The number of aromatic nitrogens is 2. The molecule has 0 unspecified atom stereocenters. The van der Waals surface area contributed by atoms with Crippen molar-refractivity contribution in [1.82, 2.24) is 9.55 Å². The van der Waals surface area contributed by atoms with Crippen LogP contribution in [0, 0.1) is 0 Å². The maximum atomic E-state index is 13.2. The molecule has 0 bridgehead atoms. The summed E-state index contributed by atoms with van der Waals surface area (Å²) in [5.41, 5.74) is 2.21. The second-order valence-electron chi connectivity index (χ2n) is 6.07. The molecule has 7 heteroatoms. The maximum absolute atomic E-state index is 13.2. The number of thioether (sulfide) groups is 1. The van der Waals surface area contributed by atoms with Crippen molar-refractivity contribution >= 4 is 57.5 Å². The lowest BCUT2D eigenvalue weighted by molar-refractivity contribution is 0.819. The van der Waals surface area contributed by atoms with E-state index in [0.717, 1.165) is 5.56 Å². The van der Waals surface area contributed by atoms with E-state index >= 15 is 0 Å². The second kappa shape index (κ2) is 8.18. The summed E-state index contributed by atoms with van der Waals surface area (Å²) in [4.78, 5) is 17.9. The number of rotatable bonds is 4. The summed E-state index contributed by atoms with van der Waals surface area (Å²) in [6, 6.07) is 20.0. The quantitative estimate of drug-likeness (QED) is 0.260. The highest BCUT2D eigenvalue weighted by molar-refractivity contribution is 7.98. The molecule has 0 amide bonds. The van der Waals surface area contributed by atoms with Crippen LogP contribution in [0.5, 0.6) is 0 Å². The molecule has 0 aliphatic rings. The van der Waals surface area contributed by atoms with Gasteiger partial charge in [0.1, 0.15) is 0 Å². The zero-order chi connectivity index (χ0) is 19.7. The highest BCUT2D eigenvalue weighted by Crippen LogP contribution is 2.28. The standard InChI is InChI=1S/C21H13Cl3N2OS/c22-14-7-5-13(6-8-14)12-28-21-25-19-4-2-1-3-16(19)20(27)26(21)15-9-10-17(23)18(24)11-15/h1-11H,12H2. The summed E-state index contributed by atoms with van der Waals surface area (Å²) in [5, 5.41) is 2.63. The molecule has 3 nitrogen and oxygen atoms in total. The molecule has 0 N–H and O–H groups in total. The van der Waals surface area contributed by atoms with Gasteiger partial charge in [0.15, 0.2) is 5.16 Å². The predicted octanol–water partition coefficient (Wildman–Crippen LogP) is 6.64. The van der Waals surface area contributed by atoms with Gasteiger partial charge in [0.25, 0.3) is 5.56 Å². The Morgan fingerprint density at radius 1 is 0.893 bits per heavy atom. The Labute approximate surface area is 180 Å². The summed E-state index contributed by atoms with van der Waals surface area (Å²) < 4.78 is 1.57. The van der Waals surface area contributed by atoms with E-state index in [0.29, 0.717) is 42.6 Å². The van der Waals surface area contributed by atoms with Gasteiger partial charge in [-0.1, -0.05) is 70.8 Å². The Morgan fingerprint density at radius 2 is 1.64 bits per heavy atom. The first-order valence-corrected chi connectivity index (χ1v) is 10.5. The van der Waals surface area contributed by atoms with E-state index in [1.54, 1.807) is 28.8 Å². The fourth-order valence-corrected chi connectivity index (χ4v) is 4.18. The first-order chi connectivity index (χ1) is 13.5. The van der Waals surface area contributed by atoms with Gasteiger partial charge in [0.2, 0.25) is 0 Å². The molecule has 0 saturated heterocycles. The maximum Gasteiger partial charge on any atom is 0.266 e. The fourth-order valence-electron chi connectivity index (χ4n) is 2.79. The van der Waals surface area contributed by atoms with Gasteiger partial charge < -0.3 is 0 Å². The highest BCUT2D eigenvalue weighted by Gasteiger charge is 2.14. The van der Waals surface area contributed by atoms with Crippen LogP contribution in [0.2, 0.25) is 15.1 Å². The average Bonchev–Trinajstić information content (AvgIpc) is 2.70. The van der Waals surface area contributed by atoms with Crippen LogP contribution < -0.4 is 5.56 Å². The summed E-state index contributed by atoms with van der Waals surface area (Å²) >= 11 is 19.7. The average molecular weight is 448 g/mol. The molecule has 4 rings (SSSR count). The van der Waals surface area contributed by atoms with E-state index in [-0.39, 0.29) is 5.56 Å². The van der Waals surface area contributed by atoms with E-state index < -0.39 is 0 Å². The van der Waals surface area contributed by atoms with E-state index in [1.165, 1.54) is 11.8 Å². The second-order valence-corrected chi connectivity index (χ2v) is 8.26.